The van der Waals surface area contributed by atoms with E-state index in [2.05, 4.69) is 16.0 Å². The molecule has 4 amide bonds. The van der Waals surface area contributed by atoms with Crippen LogP contribution in [0.1, 0.15) is 6.92 Å². The number of hydrogen-bond acceptors (Lipinski definition) is 5. The Morgan fingerprint density at radius 1 is 1.19 bits per heavy atom. The molecule has 1 aliphatic heterocycles. The van der Waals surface area contributed by atoms with Gasteiger partial charge in [0.15, 0.2) is 0 Å². The summed E-state index contributed by atoms with van der Waals surface area (Å²) in [5, 5.41) is 7.84. The molecule has 0 aromatic rings. The summed E-state index contributed by atoms with van der Waals surface area (Å²) in [6.07, 6.45) is 0. The number of hydrogen-bond donors (Lipinski definition) is 3. The fourth-order valence-electron chi connectivity index (χ4n) is 1.92. The van der Waals surface area contributed by atoms with Crippen LogP contribution in [0.4, 0.5) is 4.79 Å². The number of imide groups is 1. The first-order chi connectivity index (χ1) is 9.52. The minimum atomic E-state index is -0.515. The van der Waals surface area contributed by atoms with Crippen molar-refractivity contribution < 1.29 is 14.4 Å². The number of nitrogens with one attached hydrogen (secondary N) is 3. The molecular formula is C12H24ClN5O3. The van der Waals surface area contributed by atoms with Crippen LogP contribution in [0, 0.1) is 0 Å². The SMILES string of the molecule is CCNC(=O)NC(=O)CN(C)CC(=O)N1CCNCC1.Cl. The van der Waals surface area contributed by atoms with Crippen molar-refractivity contribution in [3.63, 3.8) is 0 Å². The first kappa shape index (κ1) is 19.6. The van der Waals surface area contributed by atoms with Crippen LogP contribution in [-0.4, -0.2) is 80.5 Å². The van der Waals surface area contributed by atoms with E-state index in [0.717, 1.165) is 13.1 Å². The summed E-state index contributed by atoms with van der Waals surface area (Å²) in [7, 11) is 1.68. The molecule has 0 bridgehead atoms. The van der Waals surface area contributed by atoms with E-state index in [0.29, 0.717) is 19.6 Å². The second kappa shape index (κ2) is 10.4. The van der Waals surface area contributed by atoms with E-state index in [1.807, 2.05) is 0 Å². The molecule has 1 aliphatic rings. The highest BCUT2D eigenvalue weighted by atomic mass is 35.5. The molecule has 0 aromatic heterocycles. The molecule has 1 fully saturated rings. The second-order valence-corrected chi connectivity index (χ2v) is 4.71. The molecule has 1 rings (SSSR count). The van der Waals surface area contributed by atoms with Gasteiger partial charge in [-0.15, -0.1) is 12.4 Å². The molecule has 0 radical (unpaired) electrons. The highest BCUT2D eigenvalue weighted by Gasteiger charge is 2.19. The molecule has 0 saturated carbocycles. The summed E-state index contributed by atoms with van der Waals surface area (Å²) in [6.45, 7) is 5.38. The van der Waals surface area contributed by atoms with Gasteiger partial charge in [0.05, 0.1) is 13.1 Å². The highest BCUT2D eigenvalue weighted by Crippen LogP contribution is 1.95. The minimum Gasteiger partial charge on any atom is -0.339 e. The van der Waals surface area contributed by atoms with Crippen LogP contribution < -0.4 is 16.0 Å². The molecule has 0 atom stereocenters. The molecule has 21 heavy (non-hydrogen) atoms. The van der Waals surface area contributed by atoms with Crippen molar-refractivity contribution in [2.24, 2.45) is 0 Å². The lowest BCUT2D eigenvalue weighted by molar-refractivity contribution is -0.133. The van der Waals surface area contributed by atoms with Crippen molar-refractivity contribution in [1.82, 2.24) is 25.8 Å². The monoisotopic (exact) mass is 321 g/mol. The van der Waals surface area contributed by atoms with E-state index in [1.54, 1.807) is 23.8 Å². The van der Waals surface area contributed by atoms with Gasteiger partial charge in [-0.2, -0.15) is 0 Å². The summed E-state index contributed by atoms with van der Waals surface area (Å²) in [5.41, 5.74) is 0. The van der Waals surface area contributed by atoms with Gasteiger partial charge in [-0.3, -0.25) is 19.8 Å². The fraction of sp³-hybridized carbons (Fsp3) is 0.750. The summed E-state index contributed by atoms with van der Waals surface area (Å²) in [6, 6.07) is -0.515. The number of carbonyl (C=O) groups is 3. The largest absolute Gasteiger partial charge is 0.339 e. The Morgan fingerprint density at radius 2 is 1.81 bits per heavy atom. The predicted molar refractivity (Wildman–Crippen MR) is 81.4 cm³/mol. The molecular weight excluding hydrogens is 298 g/mol. The lowest BCUT2D eigenvalue weighted by Gasteiger charge is -2.29. The molecule has 0 spiro atoms. The third-order valence-corrected chi connectivity index (χ3v) is 2.88. The number of nitrogens with zero attached hydrogens (tertiary/aromatic N) is 2. The molecule has 3 N–H and O–H groups in total. The number of carbonyl (C=O) groups excluding carboxylic acids is 3. The van der Waals surface area contributed by atoms with Crippen LogP contribution in [0.3, 0.4) is 0 Å². The van der Waals surface area contributed by atoms with Crippen LogP contribution >= 0.6 is 12.4 Å². The molecule has 0 unspecified atom stereocenters. The number of likely N-dealkylation sites (N-methyl/N-ethyl adjacent to an activating group) is 1. The van der Waals surface area contributed by atoms with E-state index in [9.17, 15) is 14.4 Å². The molecule has 0 aromatic carbocycles. The van der Waals surface area contributed by atoms with Gasteiger partial charge in [-0.25, -0.2) is 4.79 Å². The average molecular weight is 322 g/mol. The number of amides is 4. The van der Waals surface area contributed by atoms with Gasteiger partial charge in [0.2, 0.25) is 11.8 Å². The second-order valence-electron chi connectivity index (χ2n) is 4.71. The van der Waals surface area contributed by atoms with E-state index < -0.39 is 11.9 Å². The number of piperazine rings is 1. The van der Waals surface area contributed by atoms with Crippen molar-refractivity contribution in [3.05, 3.63) is 0 Å². The number of rotatable bonds is 5. The normalized spacial score (nSPS) is 14.3. The average Bonchev–Trinajstić information content (AvgIpc) is 2.39. The van der Waals surface area contributed by atoms with Crippen LogP contribution in [0.5, 0.6) is 0 Å². The van der Waals surface area contributed by atoms with E-state index in [4.69, 9.17) is 0 Å². The zero-order valence-electron chi connectivity index (χ0n) is 12.5. The molecule has 1 heterocycles. The predicted octanol–water partition coefficient (Wildman–Crippen LogP) is -1.38. The Bertz CT molecular complexity index is 361. The summed E-state index contributed by atoms with van der Waals surface area (Å²) in [4.78, 5) is 38.0. The van der Waals surface area contributed by atoms with Gasteiger partial charge in [0, 0.05) is 32.7 Å². The van der Waals surface area contributed by atoms with Gasteiger partial charge < -0.3 is 15.5 Å². The number of urea groups is 1. The lowest BCUT2D eigenvalue weighted by atomic mass is 10.3. The standard InChI is InChI=1S/C12H23N5O3.ClH/c1-3-14-12(20)15-10(18)8-16(2)9-11(19)17-6-4-13-5-7-17;/h13H,3-9H2,1-2H3,(H2,14,15,18,20);1H. The summed E-state index contributed by atoms with van der Waals surface area (Å²) >= 11 is 0. The zero-order valence-corrected chi connectivity index (χ0v) is 13.3. The molecule has 1 saturated heterocycles. The third-order valence-electron chi connectivity index (χ3n) is 2.88. The summed E-state index contributed by atoms with van der Waals surface area (Å²) < 4.78 is 0. The van der Waals surface area contributed by atoms with Crippen LogP contribution in [-0.2, 0) is 9.59 Å². The van der Waals surface area contributed by atoms with E-state index in [1.165, 1.54) is 0 Å². The first-order valence-electron chi connectivity index (χ1n) is 6.77. The van der Waals surface area contributed by atoms with Gasteiger partial charge in [0.25, 0.3) is 0 Å². The van der Waals surface area contributed by atoms with Gasteiger partial charge in [-0.1, -0.05) is 0 Å². The van der Waals surface area contributed by atoms with Gasteiger partial charge >= 0.3 is 6.03 Å². The number of halogens is 1. The summed E-state index contributed by atoms with van der Waals surface area (Å²) in [5.74, 6) is -0.425. The van der Waals surface area contributed by atoms with Gasteiger partial charge in [0.1, 0.15) is 0 Å². The highest BCUT2D eigenvalue weighted by molar-refractivity contribution is 5.95. The molecule has 9 heteroatoms. The van der Waals surface area contributed by atoms with Crippen molar-refractivity contribution in [2.75, 3.05) is 52.9 Å². The smallest absolute Gasteiger partial charge is 0.321 e. The Balaban J connectivity index is 0.00000400. The molecule has 8 nitrogen and oxygen atoms in total. The van der Waals surface area contributed by atoms with Crippen molar-refractivity contribution in [1.29, 1.82) is 0 Å². The van der Waals surface area contributed by atoms with Crippen molar-refractivity contribution in [3.8, 4) is 0 Å². The maximum Gasteiger partial charge on any atom is 0.321 e. The maximum absolute atomic E-state index is 12.0. The Hall–Kier alpha value is -1.38. The maximum atomic E-state index is 12.0. The van der Waals surface area contributed by atoms with Crippen LogP contribution in [0.2, 0.25) is 0 Å². The third kappa shape index (κ3) is 7.84. The molecule has 122 valence electrons. The topological polar surface area (TPSA) is 93.8 Å². The molecule has 0 aliphatic carbocycles. The van der Waals surface area contributed by atoms with Crippen molar-refractivity contribution >= 4 is 30.3 Å². The fourth-order valence-corrected chi connectivity index (χ4v) is 1.92. The Morgan fingerprint density at radius 3 is 2.38 bits per heavy atom. The van der Waals surface area contributed by atoms with E-state index >= 15 is 0 Å². The quantitative estimate of drug-likeness (QED) is 0.580. The first-order valence-corrected chi connectivity index (χ1v) is 6.77. The Labute approximate surface area is 131 Å². The Kier molecular flexibility index (Phi) is 9.68. The zero-order chi connectivity index (χ0) is 15.0. The van der Waals surface area contributed by atoms with E-state index in [-0.39, 0.29) is 31.4 Å². The lowest BCUT2D eigenvalue weighted by Crippen LogP contribution is -2.50. The van der Waals surface area contributed by atoms with Gasteiger partial charge in [-0.05, 0) is 14.0 Å². The van der Waals surface area contributed by atoms with Crippen LogP contribution in [0.15, 0.2) is 0 Å². The van der Waals surface area contributed by atoms with Crippen molar-refractivity contribution in [2.45, 2.75) is 6.92 Å². The van der Waals surface area contributed by atoms with Crippen LogP contribution in [0.25, 0.3) is 0 Å². The minimum absolute atomic E-state index is 0.